The second-order valence-electron chi connectivity index (χ2n) is 5.01. The molecular weight excluding hydrogens is 288 g/mol. The van der Waals surface area contributed by atoms with Crippen LogP contribution in [0.5, 0.6) is 0 Å². The molecule has 0 saturated heterocycles. The lowest BCUT2D eigenvalue weighted by Gasteiger charge is -2.17. The Labute approximate surface area is 128 Å². The van der Waals surface area contributed by atoms with E-state index in [-0.39, 0.29) is 6.04 Å². The van der Waals surface area contributed by atoms with Gasteiger partial charge in [-0.15, -0.1) is 11.6 Å². The van der Waals surface area contributed by atoms with Crippen molar-refractivity contribution in [3.8, 4) is 0 Å². The molecule has 0 aliphatic carbocycles. The number of hydrogen-bond acceptors (Lipinski definition) is 2. The van der Waals surface area contributed by atoms with Gasteiger partial charge in [-0.25, -0.2) is 4.98 Å². The molecule has 0 N–H and O–H groups in total. The SMILES string of the molecule is Cc1cccc2nc(CCCl)n(C(C)c3ccsc3)c12. The highest BCUT2D eigenvalue weighted by Crippen LogP contribution is 2.29. The lowest BCUT2D eigenvalue weighted by Crippen LogP contribution is -2.11. The Kier molecular flexibility index (Phi) is 3.81. The van der Waals surface area contributed by atoms with Crippen molar-refractivity contribution in [2.75, 3.05) is 5.88 Å². The molecule has 2 aromatic heterocycles. The van der Waals surface area contributed by atoms with Gasteiger partial charge in [-0.3, -0.25) is 0 Å². The van der Waals surface area contributed by atoms with E-state index in [9.17, 15) is 0 Å². The highest BCUT2D eigenvalue weighted by molar-refractivity contribution is 7.07. The molecule has 4 heteroatoms. The third-order valence-electron chi connectivity index (χ3n) is 3.72. The van der Waals surface area contributed by atoms with Crippen LogP contribution < -0.4 is 0 Å². The van der Waals surface area contributed by atoms with Gasteiger partial charge in [0.15, 0.2) is 0 Å². The van der Waals surface area contributed by atoms with Gasteiger partial charge in [0, 0.05) is 12.3 Å². The summed E-state index contributed by atoms with van der Waals surface area (Å²) in [6.45, 7) is 4.37. The number of fused-ring (bicyclic) bond motifs is 1. The first-order valence-corrected chi connectivity index (χ1v) is 8.24. The lowest BCUT2D eigenvalue weighted by molar-refractivity contribution is 0.624. The first-order chi connectivity index (χ1) is 9.72. The van der Waals surface area contributed by atoms with Crippen LogP contribution in [-0.4, -0.2) is 15.4 Å². The van der Waals surface area contributed by atoms with E-state index in [2.05, 4.69) is 53.4 Å². The quantitative estimate of drug-likeness (QED) is 0.633. The van der Waals surface area contributed by atoms with Crippen LogP contribution >= 0.6 is 22.9 Å². The molecule has 0 bridgehead atoms. The Hall–Kier alpha value is -1.32. The summed E-state index contributed by atoms with van der Waals surface area (Å²) < 4.78 is 2.34. The van der Waals surface area contributed by atoms with E-state index in [1.807, 2.05) is 0 Å². The Morgan fingerprint density at radius 1 is 1.35 bits per heavy atom. The first kappa shape index (κ1) is 13.7. The number of alkyl halides is 1. The minimum atomic E-state index is 0.283. The molecule has 2 nitrogen and oxygen atoms in total. The number of aromatic nitrogens is 2. The second kappa shape index (κ2) is 5.58. The topological polar surface area (TPSA) is 17.8 Å². The van der Waals surface area contributed by atoms with Crippen molar-refractivity contribution in [2.45, 2.75) is 26.3 Å². The van der Waals surface area contributed by atoms with E-state index in [0.29, 0.717) is 5.88 Å². The van der Waals surface area contributed by atoms with E-state index in [1.165, 1.54) is 16.6 Å². The van der Waals surface area contributed by atoms with Crippen molar-refractivity contribution in [1.29, 1.82) is 0 Å². The maximum Gasteiger partial charge on any atom is 0.111 e. The maximum absolute atomic E-state index is 5.95. The monoisotopic (exact) mass is 304 g/mol. The Balaban J connectivity index is 2.23. The Morgan fingerprint density at radius 3 is 2.90 bits per heavy atom. The van der Waals surface area contributed by atoms with Crippen molar-refractivity contribution in [3.05, 3.63) is 52.0 Å². The van der Waals surface area contributed by atoms with Crippen LogP contribution in [0.15, 0.2) is 35.0 Å². The average molecular weight is 305 g/mol. The van der Waals surface area contributed by atoms with Crippen molar-refractivity contribution in [2.24, 2.45) is 0 Å². The number of para-hydroxylation sites is 1. The molecule has 104 valence electrons. The van der Waals surface area contributed by atoms with E-state index < -0.39 is 0 Å². The molecule has 0 saturated carbocycles. The van der Waals surface area contributed by atoms with Crippen molar-refractivity contribution in [1.82, 2.24) is 9.55 Å². The van der Waals surface area contributed by atoms with Crippen LogP contribution in [0.25, 0.3) is 11.0 Å². The van der Waals surface area contributed by atoms with Gasteiger partial charge >= 0.3 is 0 Å². The summed E-state index contributed by atoms with van der Waals surface area (Å²) in [7, 11) is 0. The molecule has 3 rings (SSSR count). The molecule has 3 aromatic rings. The van der Waals surface area contributed by atoms with E-state index in [1.54, 1.807) is 11.3 Å². The number of hydrogen-bond donors (Lipinski definition) is 0. The van der Waals surface area contributed by atoms with E-state index in [4.69, 9.17) is 16.6 Å². The van der Waals surface area contributed by atoms with Crippen molar-refractivity contribution in [3.63, 3.8) is 0 Å². The van der Waals surface area contributed by atoms with E-state index in [0.717, 1.165) is 17.8 Å². The van der Waals surface area contributed by atoms with E-state index >= 15 is 0 Å². The molecule has 0 aliphatic rings. The third kappa shape index (κ3) is 2.25. The molecule has 1 unspecified atom stereocenters. The number of nitrogens with zero attached hydrogens (tertiary/aromatic N) is 2. The van der Waals surface area contributed by atoms with Crippen LogP contribution in [-0.2, 0) is 6.42 Å². The molecule has 0 spiro atoms. The molecule has 0 aliphatic heterocycles. The van der Waals surface area contributed by atoms with Crippen LogP contribution in [0.2, 0.25) is 0 Å². The zero-order valence-corrected chi connectivity index (χ0v) is 13.2. The van der Waals surface area contributed by atoms with Gasteiger partial charge in [-0.1, -0.05) is 12.1 Å². The zero-order chi connectivity index (χ0) is 14.1. The Morgan fingerprint density at radius 2 is 2.20 bits per heavy atom. The summed E-state index contributed by atoms with van der Waals surface area (Å²) in [5.74, 6) is 1.67. The molecule has 1 atom stereocenters. The van der Waals surface area contributed by atoms with Crippen molar-refractivity contribution < 1.29 is 0 Å². The highest BCUT2D eigenvalue weighted by atomic mass is 35.5. The van der Waals surface area contributed by atoms with Gasteiger partial charge in [-0.05, 0) is 47.9 Å². The summed E-state index contributed by atoms with van der Waals surface area (Å²) in [5, 5.41) is 4.33. The van der Waals surface area contributed by atoms with Gasteiger partial charge in [0.05, 0.1) is 17.1 Å². The fourth-order valence-electron chi connectivity index (χ4n) is 2.71. The first-order valence-electron chi connectivity index (χ1n) is 6.77. The Bertz CT molecular complexity index is 715. The summed E-state index contributed by atoms with van der Waals surface area (Å²) >= 11 is 7.69. The molecule has 0 fully saturated rings. The fourth-order valence-corrected chi connectivity index (χ4v) is 3.62. The third-order valence-corrected chi connectivity index (χ3v) is 4.61. The molecule has 1 aromatic carbocycles. The lowest BCUT2D eigenvalue weighted by atomic mass is 10.1. The van der Waals surface area contributed by atoms with Gasteiger partial charge in [0.1, 0.15) is 5.82 Å². The fraction of sp³-hybridized carbons (Fsp3) is 0.312. The van der Waals surface area contributed by atoms with Gasteiger partial charge in [0.2, 0.25) is 0 Å². The molecule has 20 heavy (non-hydrogen) atoms. The van der Waals surface area contributed by atoms with Gasteiger partial charge in [0.25, 0.3) is 0 Å². The number of imidazole rings is 1. The number of rotatable bonds is 4. The zero-order valence-electron chi connectivity index (χ0n) is 11.6. The number of thiophene rings is 1. The number of aryl methyl sites for hydroxylation is 2. The standard InChI is InChI=1S/C16H17ClN2S/c1-11-4-3-5-14-16(11)19(15(18-14)6-8-17)12(2)13-7-9-20-10-13/h3-5,7,9-10,12H,6,8H2,1-2H3. The molecular formula is C16H17ClN2S. The number of benzene rings is 1. The average Bonchev–Trinajstić information content (AvgIpc) is 3.06. The summed E-state index contributed by atoms with van der Waals surface area (Å²) in [6.07, 6.45) is 0.796. The van der Waals surface area contributed by atoms with Gasteiger partial charge in [-0.2, -0.15) is 11.3 Å². The summed E-state index contributed by atoms with van der Waals surface area (Å²) in [6, 6.07) is 8.76. The maximum atomic E-state index is 5.95. The van der Waals surface area contributed by atoms with Crippen LogP contribution in [0, 0.1) is 6.92 Å². The van der Waals surface area contributed by atoms with Gasteiger partial charge < -0.3 is 4.57 Å². The van der Waals surface area contributed by atoms with Crippen LogP contribution in [0.4, 0.5) is 0 Å². The van der Waals surface area contributed by atoms with Crippen LogP contribution in [0.3, 0.4) is 0 Å². The summed E-state index contributed by atoms with van der Waals surface area (Å²) in [4.78, 5) is 4.78. The predicted octanol–water partition coefficient (Wildman–Crippen LogP) is 4.80. The minimum absolute atomic E-state index is 0.283. The van der Waals surface area contributed by atoms with Crippen molar-refractivity contribution >= 4 is 34.0 Å². The largest absolute Gasteiger partial charge is 0.320 e. The predicted molar refractivity (Wildman–Crippen MR) is 87.0 cm³/mol. The minimum Gasteiger partial charge on any atom is -0.320 e. The molecule has 0 amide bonds. The van der Waals surface area contributed by atoms with Crippen LogP contribution in [0.1, 0.15) is 29.9 Å². The molecule has 0 radical (unpaired) electrons. The normalized spacial score (nSPS) is 12.9. The molecule has 2 heterocycles. The summed E-state index contributed by atoms with van der Waals surface area (Å²) in [5.41, 5.74) is 4.88. The smallest absolute Gasteiger partial charge is 0.111 e. The number of halogens is 1. The highest BCUT2D eigenvalue weighted by Gasteiger charge is 2.18. The second-order valence-corrected chi connectivity index (χ2v) is 6.17.